The minimum Gasteiger partial charge on any atom is -0.483 e. The van der Waals surface area contributed by atoms with Crippen LogP contribution in [0.3, 0.4) is 0 Å². The molecule has 24 heavy (non-hydrogen) atoms. The molecule has 0 saturated carbocycles. The number of sulfone groups is 1. The SMILES string of the molecule is O=CO.O=S1(=O)C[C@@H](O)[C@H](NC2CCN(Cc3ccco3)CC2)C1. The fourth-order valence-corrected chi connectivity index (χ4v) is 4.93. The van der Waals surface area contributed by atoms with Gasteiger partial charge in [0.25, 0.3) is 6.47 Å². The number of hydrogen-bond acceptors (Lipinski definition) is 7. The summed E-state index contributed by atoms with van der Waals surface area (Å²) in [7, 11) is -3.08. The van der Waals surface area contributed by atoms with Gasteiger partial charge in [-0.25, -0.2) is 8.42 Å². The number of likely N-dealkylation sites (tertiary alicyclic amines) is 1. The van der Waals surface area contributed by atoms with Crippen LogP contribution >= 0.6 is 0 Å². The third-order valence-electron chi connectivity index (χ3n) is 4.32. The third-order valence-corrected chi connectivity index (χ3v) is 6.04. The maximum absolute atomic E-state index is 11.5. The lowest BCUT2D eigenvalue weighted by molar-refractivity contribution is -0.122. The van der Waals surface area contributed by atoms with Crippen molar-refractivity contribution in [3.05, 3.63) is 24.2 Å². The van der Waals surface area contributed by atoms with Gasteiger partial charge in [0.15, 0.2) is 9.84 Å². The number of aliphatic hydroxyl groups is 1. The summed E-state index contributed by atoms with van der Waals surface area (Å²) in [6.07, 6.45) is 2.84. The standard InChI is InChI=1S/C14H22N2O4S.CH2O2/c17-14-10-21(18,19)9-13(14)15-11-3-5-16(6-4-11)8-12-2-1-7-20-12;2-1-3/h1-2,7,11,13-15,17H,3-6,8-10H2;1H,(H,2,3)/t13-,14-;/m1./s1. The molecule has 0 spiro atoms. The Bertz CT molecular complexity index is 595. The molecule has 2 atom stereocenters. The first-order valence-electron chi connectivity index (χ1n) is 7.90. The Morgan fingerprint density at radius 2 is 2.00 bits per heavy atom. The van der Waals surface area contributed by atoms with E-state index in [9.17, 15) is 13.5 Å². The molecule has 3 rings (SSSR count). The van der Waals surface area contributed by atoms with Crippen LogP contribution < -0.4 is 5.32 Å². The van der Waals surface area contributed by atoms with E-state index in [1.807, 2.05) is 12.1 Å². The summed E-state index contributed by atoms with van der Waals surface area (Å²) >= 11 is 0. The highest BCUT2D eigenvalue weighted by Crippen LogP contribution is 2.18. The minimum absolute atomic E-state index is 0.0563. The number of furan rings is 1. The maximum Gasteiger partial charge on any atom is 0.290 e. The topological polar surface area (TPSA) is 120 Å². The van der Waals surface area contributed by atoms with Gasteiger partial charge in [0, 0.05) is 25.2 Å². The van der Waals surface area contributed by atoms with Gasteiger partial charge in [0.2, 0.25) is 0 Å². The van der Waals surface area contributed by atoms with Crippen molar-refractivity contribution >= 4 is 16.3 Å². The van der Waals surface area contributed by atoms with Crippen molar-refractivity contribution in [1.29, 1.82) is 0 Å². The monoisotopic (exact) mass is 360 g/mol. The highest BCUT2D eigenvalue weighted by molar-refractivity contribution is 7.91. The Morgan fingerprint density at radius 3 is 2.50 bits per heavy atom. The average molecular weight is 360 g/mol. The molecule has 0 aliphatic carbocycles. The molecular formula is C15H24N2O6S. The Kier molecular flexibility index (Phi) is 6.79. The molecule has 3 N–H and O–H groups in total. The van der Waals surface area contributed by atoms with E-state index in [1.54, 1.807) is 6.26 Å². The second-order valence-electron chi connectivity index (χ2n) is 6.15. The molecule has 2 fully saturated rings. The summed E-state index contributed by atoms with van der Waals surface area (Å²) in [6.45, 7) is 2.47. The van der Waals surface area contributed by atoms with Gasteiger partial charge in [0.05, 0.1) is 30.4 Å². The normalized spacial score (nSPS) is 27.4. The molecule has 0 aromatic carbocycles. The molecular weight excluding hydrogens is 336 g/mol. The zero-order valence-electron chi connectivity index (χ0n) is 13.4. The van der Waals surface area contributed by atoms with Crippen LogP contribution in [0.4, 0.5) is 0 Å². The molecule has 2 saturated heterocycles. The quantitative estimate of drug-likeness (QED) is 0.626. The summed E-state index contributed by atoms with van der Waals surface area (Å²) in [5.41, 5.74) is 0. The third kappa shape index (κ3) is 5.59. The summed E-state index contributed by atoms with van der Waals surface area (Å²) in [6, 6.07) is 3.85. The summed E-state index contributed by atoms with van der Waals surface area (Å²) < 4.78 is 28.4. The number of rotatable bonds is 4. The highest BCUT2D eigenvalue weighted by Gasteiger charge is 2.37. The van der Waals surface area contributed by atoms with Crippen molar-refractivity contribution < 1.29 is 27.8 Å². The minimum atomic E-state index is -3.08. The van der Waals surface area contributed by atoms with Crippen LogP contribution in [0.1, 0.15) is 18.6 Å². The van der Waals surface area contributed by atoms with Gasteiger partial charge in [-0.05, 0) is 25.0 Å². The van der Waals surface area contributed by atoms with Crippen molar-refractivity contribution in [2.24, 2.45) is 0 Å². The Balaban J connectivity index is 0.000000647. The Morgan fingerprint density at radius 1 is 1.33 bits per heavy atom. The molecule has 0 radical (unpaired) electrons. The van der Waals surface area contributed by atoms with Crippen LogP contribution in [0.15, 0.2) is 22.8 Å². The van der Waals surface area contributed by atoms with E-state index in [-0.39, 0.29) is 30.1 Å². The lowest BCUT2D eigenvalue weighted by Gasteiger charge is -2.33. The predicted molar refractivity (Wildman–Crippen MR) is 87.3 cm³/mol. The van der Waals surface area contributed by atoms with E-state index in [0.29, 0.717) is 0 Å². The first kappa shape index (κ1) is 18.9. The molecule has 1 aromatic heterocycles. The number of nitrogens with one attached hydrogen (secondary N) is 1. The zero-order chi connectivity index (χ0) is 17.6. The second-order valence-corrected chi connectivity index (χ2v) is 8.31. The first-order valence-corrected chi connectivity index (χ1v) is 9.73. The molecule has 3 heterocycles. The average Bonchev–Trinajstić information content (AvgIpc) is 3.10. The van der Waals surface area contributed by atoms with E-state index in [0.717, 1.165) is 38.2 Å². The van der Waals surface area contributed by atoms with Crippen LogP contribution in [0.25, 0.3) is 0 Å². The van der Waals surface area contributed by atoms with Gasteiger partial charge >= 0.3 is 0 Å². The van der Waals surface area contributed by atoms with E-state index >= 15 is 0 Å². The molecule has 8 nitrogen and oxygen atoms in total. The molecule has 136 valence electrons. The summed E-state index contributed by atoms with van der Waals surface area (Å²) in [4.78, 5) is 10.7. The van der Waals surface area contributed by atoms with Gasteiger partial charge < -0.3 is 19.9 Å². The maximum atomic E-state index is 11.5. The van der Waals surface area contributed by atoms with Crippen LogP contribution in [0.5, 0.6) is 0 Å². The van der Waals surface area contributed by atoms with Crippen molar-refractivity contribution in [3.63, 3.8) is 0 Å². The van der Waals surface area contributed by atoms with E-state index < -0.39 is 15.9 Å². The summed E-state index contributed by atoms with van der Waals surface area (Å²) in [5, 5.41) is 20.0. The van der Waals surface area contributed by atoms with Crippen molar-refractivity contribution in [1.82, 2.24) is 10.2 Å². The van der Waals surface area contributed by atoms with Crippen LogP contribution in [0, 0.1) is 0 Å². The Labute approximate surface area is 141 Å². The second kappa shape index (κ2) is 8.61. The fraction of sp³-hybridized carbons (Fsp3) is 0.667. The molecule has 1 aromatic rings. The number of hydrogen-bond donors (Lipinski definition) is 3. The molecule has 9 heteroatoms. The molecule has 0 bridgehead atoms. The van der Waals surface area contributed by atoms with E-state index in [4.69, 9.17) is 14.3 Å². The fourth-order valence-electron chi connectivity index (χ4n) is 3.17. The highest BCUT2D eigenvalue weighted by atomic mass is 32.2. The van der Waals surface area contributed by atoms with Crippen LogP contribution in [-0.4, -0.2) is 72.8 Å². The number of carboxylic acid groups (broad SMARTS) is 1. The predicted octanol–water partition coefficient (Wildman–Crippen LogP) is -0.308. The van der Waals surface area contributed by atoms with Gasteiger partial charge in [-0.2, -0.15) is 0 Å². The zero-order valence-corrected chi connectivity index (χ0v) is 14.2. The van der Waals surface area contributed by atoms with Gasteiger partial charge in [-0.15, -0.1) is 0 Å². The molecule has 2 aliphatic rings. The lowest BCUT2D eigenvalue weighted by atomic mass is 10.0. The Hall–Kier alpha value is -1.42. The number of piperidine rings is 1. The van der Waals surface area contributed by atoms with Gasteiger partial charge in [-0.3, -0.25) is 9.69 Å². The van der Waals surface area contributed by atoms with Crippen LogP contribution in [0.2, 0.25) is 0 Å². The van der Waals surface area contributed by atoms with Crippen LogP contribution in [-0.2, 0) is 21.2 Å². The van der Waals surface area contributed by atoms with Crippen molar-refractivity contribution in [3.8, 4) is 0 Å². The largest absolute Gasteiger partial charge is 0.483 e. The van der Waals surface area contributed by atoms with Gasteiger partial charge in [-0.1, -0.05) is 0 Å². The van der Waals surface area contributed by atoms with E-state index in [2.05, 4.69) is 10.2 Å². The molecule has 2 aliphatic heterocycles. The first-order chi connectivity index (χ1) is 11.4. The number of nitrogens with zero attached hydrogens (tertiary/aromatic N) is 1. The van der Waals surface area contributed by atoms with Crippen molar-refractivity contribution in [2.45, 2.75) is 37.6 Å². The van der Waals surface area contributed by atoms with Crippen molar-refractivity contribution in [2.75, 3.05) is 24.6 Å². The lowest BCUT2D eigenvalue weighted by Crippen LogP contribution is -2.49. The number of aliphatic hydroxyl groups excluding tert-OH is 1. The summed E-state index contributed by atoms with van der Waals surface area (Å²) in [5.74, 6) is 0.918. The molecule has 0 unspecified atom stereocenters. The van der Waals surface area contributed by atoms with E-state index in [1.165, 1.54) is 0 Å². The van der Waals surface area contributed by atoms with Gasteiger partial charge in [0.1, 0.15) is 5.76 Å². The number of carbonyl (C=O) groups is 1. The smallest absolute Gasteiger partial charge is 0.290 e. The molecule has 0 amide bonds.